The Labute approximate surface area is 157 Å². The lowest BCUT2D eigenvalue weighted by molar-refractivity contribution is -0.164. The predicted octanol–water partition coefficient (Wildman–Crippen LogP) is 1.58. The Balaban J connectivity index is 1.55. The van der Waals surface area contributed by atoms with Crippen LogP contribution in [0.3, 0.4) is 0 Å². The molecule has 1 N–H and O–H groups in total. The highest BCUT2D eigenvalue weighted by molar-refractivity contribution is 5.87. The number of rotatable bonds is 6. The minimum atomic E-state index is -0.786. The van der Waals surface area contributed by atoms with Gasteiger partial charge in [0.25, 0.3) is 0 Å². The van der Waals surface area contributed by atoms with Crippen molar-refractivity contribution < 1.29 is 28.6 Å². The normalized spacial score (nSPS) is 24.6. The fraction of sp³-hybridized carbons (Fsp3) is 0.526. The Kier molecular flexibility index (Phi) is 6.28. The lowest BCUT2D eigenvalue weighted by atomic mass is 10.1. The first-order valence-corrected chi connectivity index (χ1v) is 9.17. The van der Waals surface area contributed by atoms with Crippen LogP contribution in [0.15, 0.2) is 30.3 Å². The molecule has 0 bridgehead atoms. The van der Waals surface area contributed by atoms with Gasteiger partial charge >= 0.3 is 12.1 Å². The third-order valence-electron chi connectivity index (χ3n) is 4.62. The third-order valence-corrected chi connectivity index (χ3v) is 4.62. The summed E-state index contributed by atoms with van der Waals surface area (Å²) in [4.78, 5) is 38.0. The van der Waals surface area contributed by atoms with Crippen molar-refractivity contribution in [3.05, 3.63) is 35.9 Å². The number of cyclic esters (lactones) is 1. The molecule has 8 nitrogen and oxygen atoms in total. The minimum Gasteiger partial charge on any atom is -0.445 e. The summed E-state index contributed by atoms with van der Waals surface area (Å²) >= 11 is 0. The number of carbonyl (C=O) groups is 3. The second kappa shape index (κ2) is 8.85. The molecule has 3 atom stereocenters. The number of hydrogen-bond acceptors (Lipinski definition) is 6. The Morgan fingerprint density at radius 1 is 1.30 bits per heavy atom. The SMILES string of the molecule is CCO[C@H]1OC(=O)C[C@@H]1NC(=O)C1CCCN1C(=O)OCc1ccccc1. The summed E-state index contributed by atoms with van der Waals surface area (Å²) in [7, 11) is 0. The molecular formula is C19H24N2O6. The van der Waals surface area contributed by atoms with Gasteiger partial charge in [-0.15, -0.1) is 0 Å². The van der Waals surface area contributed by atoms with E-state index in [2.05, 4.69) is 5.32 Å². The number of nitrogens with zero attached hydrogens (tertiary/aromatic N) is 1. The van der Waals surface area contributed by atoms with Crippen molar-refractivity contribution in [2.24, 2.45) is 0 Å². The molecule has 146 valence electrons. The van der Waals surface area contributed by atoms with Crippen LogP contribution in [0.4, 0.5) is 4.79 Å². The molecule has 2 saturated heterocycles. The molecule has 1 aromatic rings. The number of amides is 2. The van der Waals surface area contributed by atoms with E-state index in [1.54, 1.807) is 6.92 Å². The van der Waals surface area contributed by atoms with Gasteiger partial charge in [0.05, 0.1) is 6.42 Å². The molecule has 27 heavy (non-hydrogen) atoms. The fourth-order valence-corrected chi connectivity index (χ4v) is 3.31. The van der Waals surface area contributed by atoms with Gasteiger partial charge in [-0.1, -0.05) is 30.3 Å². The fourth-order valence-electron chi connectivity index (χ4n) is 3.31. The van der Waals surface area contributed by atoms with Crippen LogP contribution in [0.2, 0.25) is 0 Å². The molecule has 2 amide bonds. The highest BCUT2D eigenvalue weighted by Crippen LogP contribution is 2.21. The van der Waals surface area contributed by atoms with Gasteiger partial charge in [0.1, 0.15) is 18.7 Å². The van der Waals surface area contributed by atoms with Crippen molar-refractivity contribution in [2.45, 2.75) is 51.2 Å². The number of benzene rings is 1. The van der Waals surface area contributed by atoms with Crippen molar-refractivity contribution in [2.75, 3.05) is 13.2 Å². The minimum absolute atomic E-state index is 0.0571. The van der Waals surface area contributed by atoms with E-state index >= 15 is 0 Å². The molecule has 2 heterocycles. The van der Waals surface area contributed by atoms with Crippen LogP contribution in [-0.4, -0.2) is 54.4 Å². The summed E-state index contributed by atoms with van der Waals surface area (Å²) in [5.41, 5.74) is 0.882. The summed E-state index contributed by atoms with van der Waals surface area (Å²) in [5.74, 6) is -0.735. The summed E-state index contributed by atoms with van der Waals surface area (Å²) in [5, 5.41) is 2.79. The van der Waals surface area contributed by atoms with Crippen molar-refractivity contribution in [3.63, 3.8) is 0 Å². The number of likely N-dealkylation sites (tertiary alicyclic amines) is 1. The monoisotopic (exact) mass is 376 g/mol. The van der Waals surface area contributed by atoms with E-state index in [1.807, 2.05) is 30.3 Å². The Hall–Kier alpha value is -2.61. The van der Waals surface area contributed by atoms with Gasteiger partial charge in [0.15, 0.2) is 0 Å². The highest BCUT2D eigenvalue weighted by Gasteiger charge is 2.41. The van der Waals surface area contributed by atoms with Gasteiger partial charge in [-0.05, 0) is 25.3 Å². The van der Waals surface area contributed by atoms with E-state index in [-0.39, 0.29) is 18.9 Å². The average molecular weight is 376 g/mol. The lowest BCUT2D eigenvalue weighted by Gasteiger charge is -2.25. The predicted molar refractivity (Wildman–Crippen MR) is 94.4 cm³/mol. The van der Waals surface area contributed by atoms with Crippen LogP contribution in [0, 0.1) is 0 Å². The molecule has 1 aromatic carbocycles. The van der Waals surface area contributed by atoms with Gasteiger partial charge in [0, 0.05) is 13.2 Å². The molecule has 2 fully saturated rings. The molecule has 0 radical (unpaired) electrons. The zero-order valence-corrected chi connectivity index (χ0v) is 15.3. The maximum absolute atomic E-state index is 12.7. The molecule has 1 unspecified atom stereocenters. The third kappa shape index (κ3) is 4.77. The Morgan fingerprint density at radius 3 is 2.81 bits per heavy atom. The van der Waals surface area contributed by atoms with E-state index in [0.29, 0.717) is 26.0 Å². The summed E-state index contributed by atoms with van der Waals surface area (Å²) < 4.78 is 15.7. The number of nitrogens with one attached hydrogen (secondary N) is 1. The van der Waals surface area contributed by atoms with E-state index in [0.717, 1.165) is 5.56 Å². The molecular weight excluding hydrogens is 352 g/mol. The van der Waals surface area contributed by atoms with Gasteiger partial charge in [-0.2, -0.15) is 0 Å². The largest absolute Gasteiger partial charge is 0.445 e. The van der Waals surface area contributed by atoms with E-state index in [1.165, 1.54) is 4.90 Å². The average Bonchev–Trinajstić information content (AvgIpc) is 3.28. The first-order valence-electron chi connectivity index (χ1n) is 9.17. The molecule has 0 saturated carbocycles. The Morgan fingerprint density at radius 2 is 2.07 bits per heavy atom. The lowest BCUT2D eigenvalue weighted by Crippen LogP contribution is -2.51. The molecule has 2 aliphatic rings. The number of hydrogen-bond donors (Lipinski definition) is 1. The van der Waals surface area contributed by atoms with Crippen molar-refractivity contribution in [3.8, 4) is 0 Å². The second-order valence-corrected chi connectivity index (χ2v) is 6.52. The van der Waals surface area contributed by atoms with Crippen molar-refractivity contribution >= 4 is 18.0 Å². The van der Waals surface area contributed by atoms with Crippen LogP contribution >= 0.6 is 0 Å². The maximum atomic E-state index is 12.7. The number of esters is 1. The molecule has 3 rings (SSSR count). The molecule has 2 aliphatic heterocycles. The summed E-state index contributed by atoms with van der Waals surface area (Å²) in [6.45, 7) is 2.76. The van der Waals surface area contributed by atoms with Crippen molar-refractivity contribution in [1.29, 1.82) is 0 Å². The van der Waals surface area contributed by atoms with Gasteiger partial charge in [0.2, 0.25) is 12.2 Å². The molecule has 0 aromatic heterocycles. The van der Waals surface area contributed by atoms with Gasteiger partial charge in [-0.3, -0.25) is 14.5 Å². The second-order valence-electron chi connectivity index (χ2n) is 6.52. The molecule has 0 aliphatic carbocycles. The van der Waals surface area contributed by atoms with Crippen LogP contribution in [0.25, 0.3) is 0 Å². The van der Waals surface area contributed by atoms with E-state index in [9.17, 15) is 14.4 Å². The van der Waals surface area contributed by atoms with Crippen LogP contribution in [-0.2, 0) is 30.4 Å². The summed E-state index contributed by atoms with van der Waals surface area (Å²) in [6.07, 6.45) is 0.0188. The van der Waals surface area contributed by atoms with Crippen molar-refractivity contribution in [1.82, 2.24) is 10.2 Å². The Bertz CT molecular complexity index is 680. The topological polar surface area (TPSA) is 94.2 Å². The van der Waals surface area contributed by atoms with Gasteiger partial charge < -0.3 is 19.5 Å². The van der Waals surface area contributed by atoms with Crippen LogP contribution < -0.4 is 5.32 Å². The van der Waals surface area contributed by atoms with E-state index < -0.39 is 30.4 Å². The quantitative estimate of drug-likeness (QED) is 0.758. The maximum Gasteiger partial charge on any atom is 0.410 e. The van der Waals surface area contributed by atoms with Crippen LogP contribution in [0.1, 0.15) is 31.7 Å². The summed E-state index contributed by atoms with van der Waals surface area (Å²) in [6, 6.07) is 8.20. The van der Waals surface area contributed by atoms with Gasteiger partial charge in [-0.25, -0.2) is 4.79 Å². The highest BCUT2D eigenvalue weighted by atomic mass is 16.7. The number of ether oxygens (including phenoxy) is 3. The van der Waals surface area contributed by atoms with E-state index in [4.69, 9.17) is 14.2 Å². The van der Waals surface area contributed by atoms with Crippen LogP contribution in [0.5, 0.6) is 0 Å². The zero-order chi connectivity index (χ0) is 19.2. The molecule has 8 heteroatoms. The first-order chi connectivity index (χ1) is 13.1. The smallest absolute Gasteiger partial charge is 0.410 e. The molecule has 0 spiro atoms. The standard InChI is InChI=1S/C19H24N2O6/c1-2-25-18-14(11-16(22)27-18)20-17(23)15-9-6-10-21(15)19(24)26-12-13-7-4-3-5-8-13/h3-5,7-8,14-15,18H,2,6,9-12H2,1H3,(H,20,23)/t14-,15?,18-/m0/s1. The first kappa shape index (κ1) is 19.2. The number of carbonyl (C=O) groups excluding carboxylic acids is 3. The zero-order valence-electron chi connectivity index (χ0n) is 15.3.